The van der Waals surface area contributed by atoms with Crippen molar-refractivity contribution in [1.29, 1.82) is 0 Å². The van der Waals surface area contributed by atoms with Crippen LogP contribution in [-0.4, -0.2) is 32.6 Å². The fraction of sp³-hybridized carbons (Fsp3) is 0.308. The Morgan fingerprint density at radius 1 is 1.37 bits per heavy atom. The zero-order chi connectivity index (χ0) is 14.0. The topological polar surface area (TPSA) is 83.7 Å². The van der Waals surface area contributed by atoms with Gasteiger partial charge in [0.2, 0.25) is 0 Å². The first-order valence-electron chi connectivity index (χ1n) is 5.96. The normalized spacial score (nSPS) is 12.6. The van der Waals surface area contributed by atoms with Crippen LogP contribution < -0.4 is 5.32 Å². The summed E-state index contributed by atoms with van der Waals surface area (Å²) in [5.74, 6) is -1.66. The molecule has 2 heterocycles. The van der Waals surface area contributed by atoms with Gasteiger partial charge in [-0.1, -0.05) is 19.9 Å². The van der Waals surface area contributed by atoms with Crippen molar-refractivity contribution in [3.05, 3.63) is 36.2 Å². The predicted molar refractivity (Wildman–Crippen MR) is 68.9 cm³/mol. The number of carboxylic acid groups (broad SMARTS) is 1. The van der Waals surface area contributed by atoms with Crippen molar-refractivity contribution in [3.63, 3.8) is 0 Å². The van der Waals surface area contributed by atoms with E-state index in [9.17, 15) is 9.59 Å². The molecule has 0 fully saturated rings. The number of carbonyl (C=O) groups is 2. The molecule has 2 aromatic rings. The van der Waals surface area contributed by atoms with Crippen molar-refractivity contribution < 1.29 is 14.7 Å². The third-order valence-corrected chi connectivity index (χ3v) is 2.89. The van der Waals surface area contributed by atoms with Crippen molar-refractivity contribution in [1.82, 2.24) is 14.9 Å². The van der Waals surface area contributed by atoms with Crippen molar-refractivity contribution in [2.24, 2.45) is 5.92 Å². The summed E-state index contributed by atoms with van der Waals surface area (Å²) in [5.41, 5.74) is 1.01. The first-order chi connectivity index (χ1) is 9.00. The molecule has 1 amide bonds. The van der Waals surface area contributed by atoms with Gasteiger partial charge in [-0.25, -0.2) is 9.31 Å². The summed E-state index contributed by atoms with van der Waals surface area (Å²) >= 11 is 0. The maximum absolute atomic E-state index is 12.1. The van der Waals surface area contributed by atoms with E-state index in [2.05, 4.69) is 10.4 Å². The monoisotopic (exact) mass is 261 g/mol. The molecule has 0 aliphatic heterocycles. The molecular formula is C13H15N3O3. The SMILES string of the molecule is CC(C)C(NC(=O)c1cnn2ccccc12)C(=O)O. The molecule has 0 spiro atoms. The van der Waals surface area contributed by atoms with Gasteiger partial charge in [-0.3, -0.25) is 4.79 Å². The molecule has 0 aliphatic rings. The highest BCUT2D eigenvalue weighted by Crippen LogP contribution is 2.11. The van der Waals surface area contributed by atoms with Gasteiger partial charge in [0, 0.05) is 6.20 Å². The molecule has 0 aromatic carbocycles. The summed E-state index contributed by atoms with van der Waals surface area (Å²) in [4.78, 5) is 23.2. The Balaban J connectivity index is 2.27. The quantitative estimate of drug-likeness (QED) is 0.865. The Morgan fingerprint density at radius 2 is 2.11 bits per heavy atom. The Kier molecular flexibility index (Phi) is 3.50. The Bertz CT molecular complexity index is 618. The third kappa shape index (κ3) is 2.57. The molecule has 6 nitrogen and oxygen atoms in total. The van der Waals surface area contributed by atoms with Crippen LogP contribution in [0.25, 0.3) is 5.52 Å². The summed E-state index contributed by atoms with van der Waals surface area (Å²) < 4.78 is 1.57. The van der Waals surface area contributed by atoms with E-state index in [0.29, 0.717) is 11.1 Å². The highest BCUT2D eigenvalue weighted by Gasteiger charge is 2.25. The fourth-order valence-electron chi connectivity index (χ4n) is 1.84. The number of aliphatic carboxylic acids is 1. The number of amides is 1. The van der Waals surface area contributed by atoms with E-state index in [1.54, 1.807) is 42.8 Å². The van der Waals surface area contributed by atoms with E-state index in [0.717, 1.165) is 0 Å². The second-order valence-electron chi connectivity index (χ2n) is 4.62. The number of nitrogens with one attached hydrogen (secondary N) is 1. The van der Waals surface area contributed by atoms with Gasteiger partial charge in [-0.05, 0) is 18.1 Å². The minimum absolute atomic E-state index is 0.191. The fourth-order valence-corrected chi connectivity index (χ4v) is 1.84. The van der Waals surface area contributed by atoms with Crippen molar-refractivity contribution >= 4 is 17.4 Å². The second kappa shape index (κ2) is 5.09. The lowest BCUT2D eigenvalue weighted by Crippen LogP contribution is -2.44. The van der Waals surface area contributed by atoms with E-state index in [-0.39, 0.29) is 5.92 Å². The van der Waals surface area contributed by atoms with Gasteiger partial charge in [0.25, 0.3) is 5.91 Å². The Labute approximate surface area is 110 Å². The lowest BCUT2D eigenvalue weighted by atomic mass is 10.0. The van der Waals surface area contributed by atoms with Crippen LogP contribution in [0.2, 0.25) is 0 Å². The molecule has 2 aromatic heterocycles. The third-order valence-electron chi connectivity index (χ3n) is 2.89. The molecule has 100 valence electrons. The largest absolute Gasteiger partial charge is 0.480 e. The zero-order valence-electron chi connectivity index (χ0n) is 10.7. The average molecular weight is 261 g/mol. The van der Waals surface area contributed by atoms with Crippen molar-refractivity contribution in [2.45, 2.75) is 19.9 Å². The number of rotatable bonds is 4. The molecule has 0 radical (unpaired) electrons. The summed E-state index contributed by atoms with van der Waals surface area (Å²) in [6.45, 7) is 3.49. The first-order valence-corrected chi connectivity index (χ1v) is 5.96. The maximum atomic E-state index is 12.1. The molecule has 0 saturated carbocycles. The number of fused-ring (bicyclic) bond motifs is 1. The Hall–Kier alpha value is -2.37. The van der Waals surface area contributed by atoms with Crippen molar-refractivity contribution in [3.8, 4) is 0 Å². The van der Waals surface area contributed by atoms with Crippen LogP contribution in [0.4, 0.5) is 0 Å². The predicted octanol–water partition coefficient (Wildman–Crippen LogP) is 1.17. The van der Waals surface area contributed by atoms with E-state index >= 15 is 0 Å². The molecule has 19 heavy (non-hydrogen) atoms. The zero-order valence-corrected chi connectivity index (χ0v) is 10.7. The number of hydrogen-bond donors (Lipinski definition) is 2. The minimum Gasteiger partial charge on any atom is -0.480 e. The number of carboxylic acids is 1. The van der Waals surface area contributed by atoms with Crippen LogP contribution in [0.1, 0.15) is 24.2 Å². The molecule has 1 atom stereocenters. The lowest BCUT2D eigenvalue weighted by Gasteiger charge is -2.17. The number of nitrogens with zero attached hydrogens (tertiary/aromatic N) is 2. The van der Waals surface area contributed by atoms with Gasteiger partial charge < -0.3 is 10.4 Å². The van der Waals surface area contributed by atoms with E-state index in [1.807, 2.05) is 0 Å². The Morgan fingerprint density at radius 3 is 2.74 bits per heavy atom. The van der Waals surface area contributed by atoms with E-state index in [4.69, 9.17) is 5.11 Å². The second-order valence-corrected chi connectivity index (χ2v) is 4.62. The summed E-state index contributed by atoms with van der Waals surface area (Å²) in [6, 6.07) is 4.44. The van der Waals surface area contributed by atoms with Gasteiger partial charge in [-0.15, -0.1) is 0 Å². The van der Waals surface area contributed by atoms with Crippen LogP contribution in [-0.2, 0) is 4.79 Å². The molecule has 0 aliphatic carbocycles. The number of carbonyl (C=O) groups excluding carboxylic acids is 1. The van der Waals surface area contributed by atoms with Gasteiger partial charge in [0.05, 0.1) is 17.3 Å². The number of aromatic nitrogens is 2. The van der Waals surface area contributed by atoms with E-state index < -0.39 is 17.9 Å². The standard InChI is InChI=1S/C13H15N3O3/c1-8(2)11(13(18)19)15-12(17)9-7-14-16-6-4-3-5-10(9)16/h3-8,11H,1-2H3,(H,15,17)(H,18,19). The van der Waals surface area contributed by atoms with E-state index in [1.165, 1.54) is 6.20 Å². The molecule has 6 heteroatoms. The number of hydrogen-bond acceptors (Lipinski definition) is 3. The molecule has 2 N–H and O–H groups in total. The van der Waals surface area contributed by atoms with Crippen LogP contribution in [0.15, 0.2) is 30.6 Å². The van der Waals surface area contributed by atoms with Gasteiger partial charge in [0.1, 0.15) is 6.04 Å². The smallest absolute Gasteiger partial charge is 0.326 e. The average Bonchev–Trinajstić information content (AvgIpc) is 2.78. The van der Waals surface area contributed by atoms with Crippen LogP contribution in [0, 0.1) is 5.92 Å². The maximum Gasteiger partial charge on any atom is 0.326 e. The summed E-state index contributed by atoms with van der Waals surface area (Å²) in [5, 5.41) is 15.6. The number of pyridine rings is 1. The highest BCUT2D eigenvalue weighted by molar-refractivity contribution is 6.02. The van der Waals surface area contributed by atoms with Crippen LogP contribution >= 0.6 is 0 Å². The molecule has 1 unspecified atom stereocenters. The van der Waals surface area contributed by atoms with Gasteiger partial charge in [0.15, 0.2) is 0 Å². The first kappa shape index (κ1) is 13.1. The summed E-state index contributed by atoms with van der Waals surface area (Å²) in [6.07, 6.45) is 3.16. The lowest BCUT2D eigenvalue weighted by molar-refractivity contribution is -0.140. The van der Waals surface area contributed by atoms with Gasteiger partial charge in [-0.2, -0.15) is 5.10 Å². The molecule has 0 bridgehead atoms. The highest BCUT2D eigenvalue weighted by atomic mass is 16.4. The molecular weight excluding hydrogens is 246 g/mol. The van der Waals surface area contributed by atoms with Gasteiger partial charge >= 0.3 is 5.97 Å². The summed E-state index contributed by atoms with van der Waals surface area (Å²) in [7, 11) is 0. The molecule has 2 rings (SSSR count). The van der Waals surface area contributed by atoms with Crippen LogP contribution in [0.3, 0.4) is 0 Å². The van der Waals surface area contributed by atoms with Crippen LogP contribution in [0.5, 0.6) is 0 Å². The minimum atomic E-state index is -1.04. The van der Waals surface area contributed by atoms with Crippen molar-refractivity contribution in [2.75, 3.05) is 0 Å². The molecule has 0 saturated heterocycles.